The van der Waals surface area contributed by atoms with Crippen LogP contribution in [0.15, 0.2) is 11.8 Å². The van der Waals surface area contributed by atoms with Gasteiger partial charge in [0.2, 0.25) is 0 Å². The molecule has 0 spiro atoms. The molecular weight excluding hydrogens is 266 g/mol. The Morgan fingerprint density at radius 1 is 1.35 bits per heavy atom. The van der Waals surface area contributed by atoms with Crippen molar-refractivity contribution in [3.63, 3.8) is 0 Å². The summed E-state index contributed by atoms with van der Waals surface area (Å²) in [7, 11) is 0. The van der Waals surface area contributed by atoms with E-state index < -0.39 is 0 Å². The van der Waals surface area contributed by atoms with E-state index in [4.69, 9.17) is 5.73 Å². The van der Waals surface area contributed by atoms with Crippen LogP contribution in [0, 0.1) is 5.92 Å². The van der Waals surface area contributed by atoms with Gasteiger partial charge in [-0.15, -0.1) is 0 Å². The van der Waals surface area contributed by atoms with E-state index in [2.05, 4.69) is 29.8 Å². The minimum absolute atomic E-state index is 0.684. The molecule has 112 valence electrons. The Bertz CT molecular complexity index is 429. The molecule has 0 aromatic carbocycles. The van der Waals surface area contributed by atoms with E-state index in [-0.39, 0.29) is 0 Å². The van der Waals surface area contributed by atoms with Crippen LogP contribution >= 0.6 is 11.3 Å². The normalized spacial score (nSPS) is 17.4. The summed E-state index contributed by atoms with van der Waals surface area (Å²) in [5, 5.41) is 1.13. The van der Waals surface area contributed by atoms with Gasteiger partial charge in [0, 0.05) is 30.7 Å². The van der Waals surface area contributed by atoms with Crippen LogP contribution in [0.25, 0.3) is 6.08 Å². The molecule has 1 aliphatic carbocycles. The van der Waals surface area contributed by atoms with Crippen molar-refractivity contribution in [3.05, 3.63) is 16.6 Å². The summed E-state index contributed by atoms with van der Waals surface area (Å²) in [4.78, 5) is 8.09. The average Bonchev–Trinajstić information content (AvgIpc) is 2.95. The molecule has 1 heterocycles. The molecule has 1 fully saturated rings. The first-order valence-corrected chi connectivity index (χ1v) is 8.71. The van der Waals surface area contributed by atoms with Crippen molar-refractivity contribution in [3.8, 4) is 0 Å². The van der Waals surface area contributed by atoms with Gasteiger partial charge in [-0.05, 0) is 38.7 Å². The van der Waals surface area contributed by atoms with Crippen molar-refractivity contribution in [1.29, 1.82) is 0 Å². The molecule has 0 bridgehead atoms. The topological polar surface area (TPSA) is 42.2 Å². The molecule has 2 N–H and O–H groups in total. The Morgan fingerprint density at radius 2 is 2.05 bits per heavy atom. The van der Waals surface area contributed by atoms with Gasteiger partial charge in [-0.25, -0.2) is 4.98 Å². The zero-order chi connectivity index (χ0) is 14.4. The lowest BCUT2D eigenvalue weighted by molar-refractivity contribution is 0.401. The molecule has 1 aromatic heterocycles. The minimum atomic E-state index is 0.684. The van der Waals surface area contributed by atoms with Gasteiger partial charge in [0.15, 0.2) is 5.13 Å². The first-order chi connectivity index (χ1) is 9.78. The van der Waals surface area contributed by atoms with Crippen molar-refractivity contribution in [2.24, 2.45) is 11.7 Å². The predicted molar refractivity (Wildman–Crippen MR) is 89.3 cm³/mol. The van der Waals surface area contributed by atoms with E-state index in [0.717, 1.165) is 18.2 Å². The first kappa shape index (κ1) is 15.5. The molecule has 1 saturated carbocycles. The van der Waals surface area contributed by atoms with Crippen LogP contribution in [-0.2, 0) is 0 Å². The van der Waals surface area contributed by atoms with Crippen molar-refractivity contribution < 1.29 is 0 Å². The molecule has 2 rings (SSSR count). The highest BCUT2D eigenvalue weighted by Gasteiger charge is 2.17. The second-order valence-electron chi connectivity index (χ2n) is 5.48. The summed E-state index contributed by atoms with van der Waals surface area (Å²) in [5.74, 6) is 0.702. The standard InChI is InChI=1S/C16H27N3S/c1-3-19(4-2)16-18-12-15(20-16)10-14(11-17)13-8-6-5-7-9-13/h10,12-13H,3-9,11,17H2,1-2H3/b14-10-. The van der Waals surface area contributed by atoms with Crippen LogP contribution in [-0.4, -0.2) is 24.6 Å². The molecule has 1 aliphatic rings. The maximum Gasteiger partial charge on any atom is 0.185 e. The van der Waals surface area contributed by atoms with Crippen LogP contribution in [0.2, 0.25) is 0 Å². The summed E-state index contributed by atoms with van der Waals surface area (Å²) in [6, 6.07) is 0. The molecule has 0 atom stereocenters. The van der Waals surface area contributed by atoms with Crippen molar-refractivity contribution >= 4 is 22.5 Å². The van der Waals surface area contributed by atoms with Gasteiger partial charge >= 0.3 is 0 Å². The number of anilines is 1. The third-order valence-electron chi connectivity index (χ3n) is 4.24. The fraction of sp³-hybridized carbons (Fsp3) is 0.688. The molecule has 1 aromatic rings. The van der Waals surface area contributed by atoms with E-state index in [1.807, 2.05) is 6.20 Å². The Balaban J connectivity index is 2.11. The van der Waals surface area contributed by atoms with Gasteiger partial charge in [-0.2, -0.15) is 0 Å². The lowest BCUT2D eigenvalue weighted by Crippen LogP contribution is -2.21. The summed E-state index contributed by atoms with van der Waals surface area (Å²) in [5.41, 5.74) is 7.39. The Morgan fingerprint density at radius 3 is 2.65 bits per heavy atom. The first-order valence-electron chi connectivity index (χ1n) is 7.89. The highest BCUT2D eigenvalue weighted by molar-refractivity contribution is 7.16. The Labute approximate surface area is 126 Å². The zero-order valence-corrected chi connectivity index (χ0v) is 13.6. The van der Waals surface area contributed by atoms with Crippen LogP contribution < -0.4 is 10.6 Å². The average molecular weight is 293 g/mol. The largest absolute Gasteiger partial charge is 0.349 e. The second-order valence-corrected chi connectivity index (χ2v) is 6.52. The highest BCUT2D eigenvalue weighted by Crippen LogP contribution is 2.32. The third kappa shape index (κ3) is 3.83. The molecule has 0 radical (unpaired) electrons. The lowest BCUT2D eigenvalue weighted by Gasteiger charge is -2.23. The van der Waals surface area contributed by atoms with E-state index in [9.17, 15) is 0 Å². The maximum absolute atomic E-state index is 5.98. The van der Waals surface area contributed by atoms with Crippen LogP contribution in [0.3, 0.4) is 0 Å². The maximum atomic E-state index is 5.98. The van der Waals surface area contributed by atoms with E-state index in [0.29, 0.717) is 12.5 Å². The van der Waals surface area contributed by atoms with Gasteiger partial charge in [0.1, 0.15) is 0 Å². The van der Waals surface area contributed by atoms with E-state index in [1.54, 1.807) is 11.3 Å². The van der Waals surface area contributed by atoms with Gasteiger partial charge in [0.25, 0.3) is 0 Å². The molecule has 20 heavy (non-hydrogen) atoms. The van der Waals surface area contributed by atoms with Crippen LogP contribution in [0.5, 0.6) is 0 Å². The molecule has 0 amide bonds. The van der Waals surface area contributed by atoms with Crippen molar-refractivity contribution in [1.82, 2.24) is 4.98 Å². The van der Waals surface area contributed by atoms with Gasteiger partial charge in [-0.1, -0.05) is 36.2 Å². The fourth-order valence-electron chi connectivity index (χ4n) is 2.98. The minimum Gasteiger partial charge on any atom is -0.349 e. The lowest BCUT2D eigenvalue weighted by atomic mass is 9.83. The summed E-state index contributed by atoms with van der Waals surface area (Å²) >= 11 is 1.78. The van der Waals surface area contributed by atoms with Crippen LogP contribution in [0.1, 0.15) is 50.8 Å². The number of nitrogens with zero attached hydrogens (tertiary/aromatic N) is 2. The molecule has 0 unspecified atom stereocenters. The molecule has 0 aliphatic heterocycles. The number of thiazole rings is 1. The zero-order valence-electron chi connectivity index (χ0n) is 12.8. The van der Waals surface area contributed by atoms with E-state index in [1.165, 1.54) is 42.6 Å². The fourth-order valence-corrected chi connectivity index (χ4v) is 4.00. The molecule has 3 nitrogen and oxygen atoms in total. The Hall–Kier alpha value is -0.870. The molecule has 0 saturated heterocycles. The number of nitrogens with two attached hydrogens (primary N) is 1. The summed E-state index contributed by atoms with van der Waals surface area (Å²) < 4.78 is 0. The van der Waals surface area contributed by atoms with Crippen molar-refractivity contribution in [2.75, 3.05) is 24.5 Å². The summed E-state index contributed by atoms with van der Waals surface area (Å²) in [6.07, 6.45) is 11.0. The van der Waals surface area contributed by atoms with Gasteiger partial charge < -0.3 is 10.6 Å². The third-order valence-corrected chi connectivity index (χ3v) is 5.24. The van der Waals surface area contributed by atoms with Crippen molar-refractivity contribution in [2.45, 2.75) is 46.0 Å². The van der Waals surface area contributed by atoms with Crippen LogP contribution in [0.4, 0.5) is 5.13 Å². The SMILES string of the molecule is CCN(CC)c1ncc(/C=C(/CN)C2CCCCC2)s1. The second kappa shape index (κ2) is 7.79. The Kier molecular flexibility index (Phi) is 6.05. The van der Waals surface area contributed by atoms with E-state index >= 15 is 0 Å². The summed E-state index contributed by atoms with van der Waals surface area (Å²) in [6.45, 7) is 7.06. The quantitative estimate of drug-likeness (QED) is 0.864. The monoisotopic (exact) mass is 293 g/mol. The molecule has 4 heteroatoms. The number of hydrogen-bond acceptors (Lipinski definition) is 4. The number of aromatic nitrogens is 1. The smallest absolute Gasteiger partial charge is 0.185 e. The number of rotatable bonds is 6. The van der Waals surface area contributed by atoms with Gasteiger partial charge in [0.05, 0.1) is 0 Å². The van der Waals surface area contributed by atoms with Gasteiger partial charge in [-0.3, -0.25) is 0 Å². The molecular formula is C16H27N3S. The highest BCUT2D eigenvalue weighted by atomic mass is 32.1. The predicted octanol–water partition coefficient (Wildman–Crippen LogP) is 3.91. The number of hydrogen-bond donors (Lipinski definition) is 1.